The lowest BCUT2D eigenvalue weighted by atomic mass is 10.1. The van der Waals surface area contributed by atoms with Crippen LogP contribution in [0.5, 0.6) is 0 Å². The van der Waals surface area contributed by atoms with E-state index in [-0.39, 0.29) is 18.4 Å². The van der Waals surface area contributed by atoms with Crippen molar-refractivity contribution in [1.29, 1.82) is 0 Å². The molecule has 5 nitrogen and oxygen atoms in total. The van der Waals surface area contributed by atoms with Crippen LogP contribution in [0.4, 0.5) is 0 Å². The Morgan fingerprint density at radius 1 is 1.14 bits per heavy atom. The summed E-state index contributed by atoms with van der Waals surface area (Å²) in [7, 11) is 0. The first-order valence-electron chi connectivity index (χ1n) is 6.71. The van der Waals surface area contributed by atoms with E-state index in [2.05, 4.69) is 21.0 Å². The molecule has 2 heterocycles. The molecular weight excluding hydrogens is 334 g/mol. The standard InChI is InChI=1S/C15H14BrN3O2/c1-3-19-12(13(16)9(2)17-19)8-18-14(20)10-6-4-5-7-11(10)15(18)21/h4-7H,3,8H2,1-2H3. The van der Waals surface area contributed by atoms with Crippen LogP contribution >= 0.6 is 15.9 Å². The van der Waals surface area contributed by atoms with Crippen LogP contribution in [-0.4, -0.2) is 26.5 Å². The van der Waals surface area contributed by atoms with Gasteiger partial charge >= 0.3 is 0 Å². The summed E-state index contributed by atoms with van der Waals surface area (Å²) in [5, 5.41) is 4.39. The van der Waals surface area contributed by atoms with Crippen molar-refractivity contribution in [3.63, 3.8) is 0 Å². The summed E-state index contributed by atoms with van der Waals surface area (Å²) in [5.74, 6) is -0.493. The van der Waals surface area contributed by atoms with Gasteiger partial charge < -0.3 is 0 Å². The molecule has 1 aliphatic heterocycles. The molecule has 0 spiro atoms. The fourth-order valence-corrected chi connectivity index (χ4v) is 2.96. The van der Waals surface area contributed by atoms with Crippen LogP contribution in [0, 0.1) is 6.92 Å². The van der Waals surface area contributed by atoms with E-state index in [1.807, 2.05) is 18.5 Å². The molecule has 2 amide bonds. The number of imide groups is 1. The van der Waals surface area contributed by atoms with Crippen molar-refractivity contribution in [2.75, 3.05) is 0 Å². The number of benzene rings is 1. The van der Waals surface area contributed by atoms with Crippen molar-refractivity contribution >= 4 is 27.7 Å². The SMILES string of the molecule is CCn1nc(C)c(Br)c1CN1C(=O)c2ccccc2C1=O. The first-order valence-corrected chi connectivity index (χ1v) is 7.51. The van der Waals surface area contributed by atoms with Gasteiger partial charge in [-0.2, -0.15) is 5.10 Å². The smallest absolute Gasteiger partial charge is 0.261 e. The van der Waals surface area contributed by atoms with Crippen molar-refractivity contribution in [2.45, 2.75) is 26.9 Å². The maximum Gasteiger partial charge on any atom is 0.261 e. The van der Waals surface area contributed by atoms with E-state index in [0.29, 0.717) is 17.7 Å². The number of hydrogen-bond acceptors (Lipinski definition) is 3. The van der Waals surface area contributed by atoms with Crippen LogP contribution < -0.4 is 0 Å². The second kappa shape index (κ2) is 5.11. The second-order valence-corrected chi connectivity index (χ2v) is 5.70. The van der Waals surface area contributed by atoms with Crippen LogP contribution in [0.1, 0.15) is 39.0 Å². The third-order valence-electron chi connectivity index (χ3n) is 3.64. The van der Waals surface area contributed by atoms with Crippen LogP contribution in [-0.2, 0) is 13.1 Å². The summed E-state index contributed by atoms with van der Waals surface area (Å²) < 4.78 is 2.66. The van der Waals surface area contributed by atoms with Gasteiger partial charge in [0.15, 0.2) is 0 Å². The molecule has 1 aliphatic rings. The lowest BCUT2D eigenvalue weighted by molar-refractivity contribution is 0.0638. The molecule has 0 aliphatic carbocycles. The van der Waals surface area contributed by atoms with Crippen LogP contribution in [0.15, 0.2) is 28.7 Å². The number of nitrogens with zero attached hydrogens (tertiary/aromatic N) is 3. The molecule has 0 fully saturated rings. The summed E-state index contributed by atoms with van der Waals surface area (Å²) in [4.78, 5) is 26.1. The third kappa shape index (κ3) is 2.10. The van der Waals surface area contributed by atoms with E-state index < -0.39 is 0 Å². The molecule has 0 saturated carbocycles. The number of aryl methyl sites for hydroxylation is 2. The van der Waals surface area contributed by atoms with Crippen molar-refractivity contribution in [2.24, 2.45) is 0 Å². The summed E-state index contributed by atoms with van der Waals surface area (Å²) in [6, 6.07) is 6.91. The molecule has 1 aromatic heterocycles. The van der Waals surface area contributed by atoms with Gasteiger partial charge in [0.2, 0.25) is 0 Å². The molecule has 0 atom stereocenters. The Bertz CT molecular complexity index is 716. The van der Waals surface area contributed by atoms with Crippen molar-refractivity contribution in [1.82, 2.24) is 14.7 Å². The number of amides is 2. The largest absolute Gasteiger partial charge is 0.269 e. The van der Waals surface area contributed by atoms with Gasteiger partial charge in [-0.3, -0.25) is 19.2 Å². The maximum absolute atomic E-state index is 12.4. The summed E-state index contributed by atoms with van der Waals surface area (Å²) in [6.45, 7) is 4.78. The van der Waals surface area contributed by atoms with Gasteiger partial charge in [0.05, 0.1) is 33.5 Å². The van der Waals surface area contributed by atoms with Gasteiger partial charge in [-0.25, -0.2) is 0 Å². The Morgan fingerprint density at radius 3 is 2.24 bits per heavy atom. The number of halogens is 1. The summed E-state index contributed by atoms with van der Waals surface area (Å²) in [5.41, 5.74) is 2.63. The van der Waals surface area contributed by atoms with Crippen molar-refractivity contribution in [3.8, 4) is 0 Å². The van der Waals surface area contributed by atoms with Crippen LogP contribution in [0.3, 0.4) is 0 Å². The fourth-order valence-electron chi connectivity index (χ4n) is 2.55. The molecule has 6 heteroatoms. The highest BCUT2D eigenvalue weighted by molar-refractivity contribution is 9.10. The average Bonchev–Trinajstić information content (AvgIpc) is 2.90. The van der Waals surface area contributed by atoms with E-state index in [1.165, 1.54) is 4.90 Å². The second-order valence-electron chi connectivity index (χ2n) is 4.90. The Balaban J connectivity index is 1.98. The molecule has 0 unspecified atom stereocenters. The molecule has 2 aromatic rings. The highest BCUT2D eigenvalue weighted by atomic mass is 79.9. The Hall–Kier alpha value is -1.95. The summed E-state index contributed by atoms with van der Waals surface area (Å²) >= 11 is 3.49. The van der Waals surface area contributed by atoms with Crippen LogP contribution in [0.25, 0.3) is 0 Å². The number of carbonyl (C=O) groups is 2. The predicted octanol–water partition coefficient (Wildman–Crippen LogP) is 2.77. The summed E-state index contributed by atoms with van der Waals surface area (Å²) in [6.07, 6.45) is 0. The molecule has 1 aromatic carbocycles. The minimum Gasteiger partial charge on any atom is -0.269 e. The Morgan fingerprint density at radius 2 is 1.71 bits per heavy atom. The van der Waals surface area contributed by atoms with E-state index in [4.69, 9.17) is 0 Å². The molecular formula is C15H14BrN3O2. The molecule has 21 heavy (non-hydrogen) atoms. The Labute approximate surface area is 130 Å². The number of aromatic nitrogens is 2. The van der Waals surface area contributed by atoms with Gasteiger partial charge in [0, 0.05) is 6.54 Å². The van der Waals surface area contributed by atoms with Gasteiger partial charge in [-0.1, -0.05) is 12.1 Å². The molecule has 0 radical (unpaired) electrons. The molecule has 3 rings (SSSR count). The fraction of sp³-hybridized carbons (Fsp3) is 0.267. The third-order valence-corrected chi connectivity index (χ3v) is 4.67. The van der Waals surface area contributed by atoms with Gasteiger partial charge in [-0.05, 0) is 41.9 Å². The van der Waals surface area contributed by atoms with Crippen LogP contribution in [0.2, 0.25) is 0 Å². The lowest BCUT2D eigenvalue weighted by Crippen LogP contribution is -2.30. The highest BCUT2D eigenvalue weighted by Crippen LogP contribution is 2.28. The Kier molecular flexibility index (Phi) is 3.41. The van der Waals surface area contributed by atoms with E-state index >= 15 is 0 Å². The molecule has 0 N–H and O–H groups in total. The van der Waals surface area contributed by atoms with Crippen molar-refractivity contribution in [3.05, 3.63) is 51.3 Å². The molecule has 0 bridgehead atoms. The minimum atomic E-state index is -0.246. The first kappa shape index (κ1) is 14.0. The zero-order valence-corrected chi connectivity index (χ0v) is 13.3. The zero-order chi connectivity index (χ0) is 15.1. The lowest BCUT2D eigenvalue weighted by Gasteiger charge is -2.15. The normalized spacial score (nSPS) is 14.0. The zero-order valence-electron chi connectivity index (χ0n) is 11.8. The molecule has 0 saturated heterocycles. The predicted molar refractivity (Wildman–Crippen MR) is 81.0 cm³/mol. The van der Waals surface area contributed by atoms with E-state index in [1.54, 1.807) is 24.3 Å². The highest BCUT2D eigenvalue weighted by Gasteiger charge is 2.36. The maximum atomic E-state index is 12.4. The van der Waals surface area contributed by atoms with Gasteiger partial charge in [-0.15, -0.1) is 0 Å². The molecule has 108 valence electrons. The topological polar surface area (TPSA) is 55.2 Å². The van der Waals surface area contributed by atoms with Gasteiger partial charge in [0.25, 0.3) is 11.8 Å². The quantitative estimate of drug-likeness (QED) is 0.802. The first-order chi connectivity index (χ1) is 10.0. The number of rotatable bonds is 3. The van der Waals surface area contributed by atoms with E-state index in [0.717, 1.165) is 15.9 Å². The number of carbonyl (C=O) groups excluding carboxylic acids is 2. The monoisotopic (exact) mass is 347 g/mol. The van der Waals surface area contributed by atoms with E-state index in [9.17, 15) is 9.59 Å². The van der Waals surface area contributed by atoms with Gasteiger partial charge in [0.1, 0.15) is 0 Å². The number of hydrogen-bond donors (Lipinski definition) is 0. The van der Waals surface area contributed by atoms with Crippen molar-refractivity contribution < 1.29 is 9.59 Å². The number of fused-ring (bicyclic) bond motifs is 1. The average molecular weight is 348 g/mol. The minimum absolute atomic E-state index is 0.224.